The molecule has 2 aromatic carbocycles. The Morgan fingerprint density at radius 3 is 2.32 bits per heavy atom. The van der Waals surface area contributed by atoms with E-state index in [-0.39, 0.29) is 16.6 Å². The molecule has 3 aromatic rings. The summed E-state index contributed by atoms with van der Waals surface area (Å²) in [6.45, 7) is 3.65. The van der Waals surface area contributed by atoms with E-state index in [1.807, 2.05) is 31.2 Å². The first-order valence-electron chi connectivity index (χ1n) is 8.44. The standard InChI is InChI=1S/C20H19N3O4S/c1-14-3-5-16(6-4-14)7-12-20(24)21-17-8-10-18(11-9-17)28(25,26)23-19-13-15(2)27-22-19/h3-13H,1-2H3,(H,21,24)(H,22,23)/b12-7+. The van der Waals surface area contributed by atoms with Crippen LogP contribution in [-0.2, 0) is 14.8 Å². The lowest BCUT2D eigenvalue weighted by atomic mass is 10.1. The lowest BCUT2D eigenvalue weighted by Gasteiger charge is -2.06. The second kappa shape index (κ2) is 8.10. The molecule has 1 amide bonds. The predicted octanol–water partition coefficient (Wildman–Crippen LogP) is 3.74. The second-order valence-corrected chi connectivity index (χ2v) is 7.87. The Hall–Kier alpha value is -3.39. The lowest BCUT2D eigenvalue weighted by Crippen LogP contribution is -2.13. The first kappa shape index (κ1) is 19.4. The van der Waals surface area contributed by atoms with Gasteiger partial charge in [-0.05, 0) is 49.8 Å². The van der Waals surface area contributed by atoms with Crippen LogP contribution >= 0.6 is 0 Å². The third kappa shape index (κ3) is 5.08. The van der Waals surface area contributed by atoms with E-state index in [4.69, 9.17) is 4.52 Å². The Labute approximate surface area is 163 Å². The number of amides is 1. The van der Waals surface area contributed by atoms with Crippen molar-refractivity contribution >= 4 is 33.5 Å². The summed E-state index contributed by atoms with van der Waals surface area (Å²) in [5.74, 6) is 0.290. The number of sulfonamides is 1. The van der Waals surface area contributed by atoms with Gasteiger partial charge in [0.15, 0.2) is 5.82 Å². The molecule has 0 fully saturated rings. The van der Waals surface area contributed by atoms with Crippen LogP contribution in [0.15, 0.2) is 70.1 Å². The highest BCUT2D eigenvalue weighted by Gasteiger charge is 2.16. The van der Waals surface area contributed by atoms with Crippen molar-refractivity contribution in [3.63, 3.8) is 0 Å². The summed E-state index contributed by atoms with van der Waals surface area (Å²) in [7, 11) is -3.79. The average Bonchev–Trinajstić information content (AvgIpc) is 3.06. The molecule has 144 valence electrons. The molecule has 0 bridgehead atoms. The number of rotatable bonds is 6. The van der Waals surface area contributed by atoms with Gasteiger partial charge in [-0.2, -0.15) is 0 Å². The quantitative estimate of drug-likeness (QED) is 0.617. The summed E-state index contributed by atoms with van der Waals surface area (Å²) in [5, 5.41) is 6.29. The molecule has 2 N–H and O–H groups in total. The third-order valence-electron chi connectivity index (χ3n) is 3.80. The molecule has 28 heavy (non-hydrogen) atoms. The van der Waals surface area contributed by atoms with Crippen molar-refractivity contribution < 1.29 is 17.7 Å². The number of nitrogens with zero attached hydrogens (tertiary/aromatic N) is 1. The minimum atomic E-state index is -3.79. The van der Waals surface area contributed by atoms with Crippen molar-refractivity contribution in [2.24, 2.45) is 0 Å². The average molecular weight is 397 g/mol. The zero-order valence-corrected chi connectivity index (χ0v) is 16.2. The largest absolute Gasteiger partial charge is 0.360 e. The molecule has 1 heterocycles. The van der Waals surface area contributed by atoms with Crippen LogP contribution in [0.1, 0.15) is 16.9 Å². The van der Waals surface area contributed by atoms with Gasteiger partial charge in [0, 0.05) is 17.8 Å². The van der Waals surface area contributed by atoms with E-state index < -0.39 is 10.0 Å². The molecule has 0 radical (unpaired) electrons. The van der Waals surface area contributed by atoms with Crippen molar-refractivity contribution in [2.45, 2.75) is 18.7 Å². The summed E-state index contributed by atoms with van der Waals surface area (Å²) < 4.78 is 31.8. The van der Waals surface area contributed by atoms with Crippen molar-refractivity contribution in [3.05, 3.63) is 77.6 Å². The summed E-state index contributed by atoms with van der Waals surface area (Å²) in [5.41, 5.74) is 2.54. The molecule has 0 spiro atoms. The van der Waals surface area contributed by atoms with Gasteiger partial charge in [-0.1, -0.05) is 35.0 Å². The van der Waals surface area contributed by atoms with Crippen LogP contribution in [0.3, 0.4) is 0 Å². The minimum absolute atomic E-state index is 0.0429. The molecule has 0 saturated heterocycles. The zero-order valence-electron chi connectivity index (χ0n) is 15.3. The van der Waals surface area contributed by atoms with Gasteiger partial charge in [0.05, 0.1) is 4.90 Å². The van der Waals surface area contributed by atoms with E-state index in [0.717, 1.165) is 11.1 Å². The van der Waals surface area contributed by atoms with Gasteiger partial charge in [-0.25, -0.2) is 8.42 Å². The van der Waals surface area contributed by atoms with E-state index in [1.54, 1.807) is 13.0 Å². The number of benzene rings is 2. The Bertz CT molecular complexity index is 1100. The van der Waals surface area contributed by atoms with Gasteiger partial charge in [0.1, 0.15) is 5.76 Å². The lowest BCUT2D eigenvalue weighted by molar-refractivity contribution is -0.111. The highest BCUT2D eigenvalue weighted by molar-refractivity contribution is 7.92. The van der Waals surface area contributed by atoms with E-state index in [2.05, 4.69) is 15.2 Å². The first-order valence-corrected chi connectivity index (χ1v) is 9.92. The third-order valence-corrected chi connectivity index (χ3v) is 5.17. The number of hydrogen-bond acceptors (Lipinski definition) is 5. The molecule has 0 saturated carbocycles. The molecule has 1 aromatic heterocycles. The van der Waals surface area contributed by atoms with Crippen molar-refractivity contribution in [1.29, 1.82) is 0 Å². The van der Waals surface area contributed by atoms with Crippen molar-refractivity contribution in [3.8, 4) is 0 Å². The fraction of sp³-hybridized carbons (Fsp3) is 0.100. The molecule has 0 unspecified atom stereocenters. The maximum absolute atomic E-state index is 12.3. The van der Waals surface area contributed by atoms with Gasteiger partial charge in [-0.15, -0.1) is 0 Å². The number of aryl methyl sites for hydroxylation is 2. The smallest absolute Gasteiger partial charge is 0.263 e. The minimum Gasteiger partial charge on any atom is -0.360 e. The normalized spacial score (nSPS) is 11.5. The van der Waals surface area contributed by atoms with Crippen LogP contribution in [0.5, 0.6) is 0 Å². The molecule has 0 atom stereocenters. The van der Waals surface area contributed by atoms with Crippen molar-refractivity contribution in [1.82, 2.24) is 5.16 Å². The Morgan fingerprint density at radius 1 is 1.04 bits per heavy atom. The predicted molar refractivity (Wildman–Crippen MR) is 107 cm³/mol. The SMILES string of the molecule is Cc1ccc(/C=C/C(=O)Nc2ccc(S(=O)(=O)Nc3cc(C)on3)cc2)cc1. The molecule has 0 aliphatic rings. The molecule has 0 aliphatic carbocycles. The van der Waals surface area contributed by atoms with Crippen LogP contribution in [0.4, 0.5) is 11.5 Å². The van der Waals surface area contributed by atoms with Gasteiger partial charge >= 0.3 is 0 Å². The maximum Gasteiger partial charge on any atom is 0.263 e. The Balaban J connectivity index is 1.63. The van der Waals surface area contributed by atoms with Crippen LogP contribution in [-0.4, -0.2) is 19.5 Å². The highest BCUT2D eigenvalue weighted by atomic mass is 32.2. The number of carbonyl (C=O) groups is 1. The maximum atomic E-state index is 12.3. The van der Waals surface area contributed by atoms with E-state index in [9.17, 15) is 13.2 Å². The summed E-state index contributed by atoms with van der Waals surface area (Å²) >= 11 is 0. The van der Waals surface area contributed by atoms with E-state index in [0.29, 0.717) is 11.4 Å². The fourth-order valence-corrected chi connectivity index (χ4v) is 3.35. The van der Waals surface area contributed by atoms with Crippen LogP contribution in [0, 0.1) is 13.8 Å². The van der Waals surface area contributed by atoms with Crippen LogP contribution in [0.25, 0.3) is 6.08 Å². The topological polar surface area (TPSA) is 101 Å². The second-order valence-electron chi connectivity index (χ2n) is 6.19. The monoisotopic (exact) mass is 397 g/mol. The number of aromatic nitrogens is 1. The molecule has 8 heteroatoms. The van der Waals surface area contributed by atoms with E-state index >= 15 is 0 Å². The number of nitrogens with one attached hydrogen (secondary N) is 2. The summed E-state index contributed by atoms with van der Waals surface area (Å²) in [4.78, 5) is 12.1. The molecule has 0 aliphatic heterocycles. The van der Waals surface area contributed by atoms with Gasteiger partial charge in [-0.3, -0.25) is 9.52 Å². The van der Waals surface area contributed by atoms with Gasteiger partial charge in [0.25, 0.3) is 10.0 Å². The molecular weight excluding hydrogens is 378 g/mol. The molecule has 3 rings (SSSR count). The Kier molecular flexibility index (Phi) is 5.60. The molecule has 7 nitrogen and oxygen atoms in total. The number of carbonyl (C=O) groups excluding carboxylic acids is 1. The first-order chi connectivity index (χ1) is 13.3. The summed E-state index contributed by atoms with van der Waals surface area (Å²) in [6, 6.07) is 15.1. The molecular formula is C20H19N3O4S. The Morgan fingerprint density at radius 2 is 1.71 bits per heavy atom. The van der Waals surface area contributed by atoms with E-state index in [1.165, 1.54) is 36.4 Å². The number of anilines is 2. The van der Waals surface area contributed by atoms with Gasteiger partial charge in [0.2, 0.25) is 5.91 Å². The highest BCUT2D eigenvalue weighted by Crippen LogP contribution is 2.18. The van der Waals surface area contributed by atoms with Crippen LogP contribution in [0.2, 0.25) is 0 Å². The number of hydrogen-bond donors (Lipinski definition) is 2. The zero-order chi connectivity index (χ0) is 20.1. The fourth-order valence-electron chi connectivity index (χ4n) is 2.36. The summed E-state index contributed by atoms with van der Waals surface area (Å²) in [6.07, 6.45) is 3.13. The van der Waals surface area contributed by atoms with Crippen LogP contribution < -0.4 is 10.0 Å². The van der Waals surface area contributed by atoms with Gasteiger partial charge < -0.3 is 9.84 Å². The van der Waals surface area contributed by atoms with Crippen molar-refractivity contribution in [2.75, 3.05) is 10.0 Å².